The SMILES string of the molecule is Cc1ccc(CCC2OCCO2)c(F)c1F. The van der Waals surface area contributed by atoms with E-state index in [9.17, 15) is 8.78 Å². The molecule has 0 amide bonds. The van der Waals surface area contributed by atoms with Crippen molar-refractivity contribution in [3.05, 3.63) is 34.9 Å². The summed E-state index contributed by atoms with van der Waals surface area (Å²) in [7, 11) is 0. The smallest absolute Gasteiger partial charge is 0.162 e. The predicted octanol–water partition coefficient (Wildman–Crippen LogP) is 2.58. The van der Waals surface area contributed by atoms with Gasteiger partial charge in [-0.15, -0.1) is 0 Å². The topological polar surface area (TPSA) is 18.5 Å². The third kappa shape index (κ3) is 2.39. The first-order valence-electron chi connectivity index (χ1n) is 5.35. The van der Waals surface area contributed by atoms with Gasteiger partial charge in [-0.05, 0) is 24.5 Å². The van der Waals surface area contributed by atoms with Gasteiger partial charge in [-0.25, -0.2) is 8.78 Å². The average Bonchev–Trinajstić information content (AvgIpc) is 2.78. The van der Waals surface area contributed by atoms with Crippen LogP contribution in [0.15, 0.2) is 12.1 Å². The lowest BCUT2D eigenvalue weighted by Gasteiger charge is -2.10. The molecule has 88 valence electrons. The molecule has 1 aliphatic rings. The van der Waals surface area contributed by atoms with E-state index in [1.807, 2.05) is 0 Å². The van der Waals surface area contributed by atoms with Crippen molar-refractivity contribution in [3.8, 4) is 0 Å². The van der Waals surface area contributed by atoms with E-state index in [1.165, 1.54) is 0 Å². The van der Waals surface area contributed by atoms with Crippen LogP contribution < -0.4 is 0 Å². The summed E-state index contributed by atoms with van der Waals surface area (Å²) in [5.74, 6) is -1.51. The van der Waals surface area contributed by atoms with Crippen LogP contribution in [0.1, 0.15) is 17.5 Å². The zero-order valence-corrected chi connectivity index (χ0v) is 9.13. The van der Waals surface area contributed by atoms with Crippen molar-refractivity contribution < 1.29 is 18.3 Å². The lowest BCUT2D eigenvalue weighted by molar-refractivity contribution is -0.0463. The molecule has 0 radical (unpaired) electrons. The summed E-state index contributed by atoms with van der Waals surface area (Å²) >= 11 is 0. The molecule has 16 heavy (non-hydrogen) atoms. The van der Waals surface area contributed by atoms with Crippen LogP contribution in [-0.4, -0.2) is 19.5 Å². The van der Waals surface area contributed by atoms with Crippen LogP contribution in [0.5, 0.6) is 0 Å². The Hall–Kier alpha value is -1.00. The van der Waals surface area contributed by atoms with Crippen LogP contribution in [-0.2, 0) is 15.9 Å². The zero-order chi connectivity index (χ0) is 11.5. The second-order valence-electron chi connectivity index (χ2n) is 3.88. The minimum atomic E-state index is -0.759. The van der Waals surface area contributed by atoms with Crippen molar-refractivity contribution >= 4 is 0 Å². The molecule has 0 unspecified atom stereocenters. The monoisotopic (exact) mass is 228 g/mol. The highest BCUT2D eigenvalue weighted by Gasteiger charge is 2.17. The van der Waals surface area contributed by atoms with E-state index in [0.29, 0.717) is 37.2 Å². The summed E-state index contributed by atoms with van der Waals surface area (Å²) in [6.45, 7) is 2.70. The molecule has 0 atom stereocenters. The van der Waals surface area contributed by atoms with Gasteiger partial charge in [-0.1, -0.05) is 12.1 Å². The van der Waals surface area contributed by atoms with Crippen molar-refractivity contribution in [1.82, 2.24) is 0 Å². The molecule has 2 nitrogen and oxygen atoms in total. The Morgan fingerprint density at radius 2 is 1.88 bits per heavy atom. The Balaban J connectivity index is 2.01. The molecule has 0 aromatic heterocycles. The molecule has 0 spiro atoms. The minimum absolute atomic E-state index is 0.274. The highest BCUT2D eigenvalue weighted by atomic mass is 19.2. The highest BCUT2D eigenvalue weighted by molar-refractivity contribution is 5.25. The molecule has 1 fully saturated rings. The Kier molecular flexibility index (Phi) is 3.51. The first-order valence-corrected chi connectivity index (χ1v) is 5.35. The van der Waals surface area contributed by atoms with Crippen LogP contribution >= 0.6 is 0 Å². The van der Waals surface area contributed by atoms with Gasteiger partial charge in [0.05, 0.1) is 13.2 Å². The van der Waals surface area contributed by atoms with E-state index < -0.39 is 11.6 Å². The van der Waals surface area contributed by atoms with Crippen molar-refractivity contribution in [1.29, 1.82) is 0 Å². The van der Waals surface area contributed by atoms with E-state index in [2.05, 4.69) is 0 Å². The summed E-state index contributed by atoms with van der Waals surface area (Å²) in [6.07, 6.45) is 0.705. The maximum Gasteiger partial charge on any atom is 0.162 e. The lowest BCUT2D eigenvalue weighted by atomic mass is 10.1. The van der Waals surface area contributed by atoms with E-state index >= 15 is 0 Å². The quantitative estimate of drug-likeness (QED) is 0.791. The fourth-order valence-corrected chi connectivity index (χ4v) is 1.73. The van der Waals surface area contributed by atoms with Gasteiger partial charge in [0.15, 0.2) is 17.9 Å². The number of ether oxygens (including phenoxy) is 2. The number of benzene rings is 1. The summed E-state index contributed by atoms with van der Waals surface area (Å²) in [4.78, 5) is 0. The van der Waals surface area contributed by atoms with Crippen molar-refractivity contribution in [2.75, 3.05) is 13.2 Å². The van der Waals surface area contributed by atoms with Crippen LogP contribution in [0.25, 0.3) is 0 Å². The Morgan fingerprint density at radius 1 is 1.19 bits per heavy atom. The van der Waals surface area contributed by atoms with Crippen LogP contribution in [0.2, 0.25) is 0 Å². The van der Waals surface area contributed by atoms with E-state index in [4.69, 9.17) is 9.47 Å². The van der Waals surface area contributed by atoms with Gasteiger partial charge < -0.3 is 9.47 Å². The minimum Gasteiger partial charge on any atom is -0.350 e. The molecule has 1 aliphatic heterocycles. The Morgan fingerprint density at radius 3 is 2.56 bits per heavy atom. The molecular formula is C12H14F2O2. The molecule has 0 bridgehead atoms. The molecular weight excluding hydrogens is 214 g/mol. The zero-order valence-electron chi connectivity index (χ0n) is 9.13. The third-order valence-corrected chi connectivity index (χ3v) is 2.70. The fraction of sp³-hybridized carbons (Fsp3) is 0.500. The Labute approximate surface area is 93.2 Å². The predicted molar refractivity (Wildman–Crippen MR) is 55.1 cm³/mol. The van der Waals surface area contributed by atoms with Crippen LogP contribution in [0, 0.1) is 18.6 Å². The molecule has 2 rings (SSSR count). The van der Waals surface area contributed by atoms with E-state index in [0.717, 1.165) is 0 Å². The second-order valence-corrected chi connectivity index (χ2v) is 3.88. The molecule has 0 N–H and O–H groups in total. The van der Waals surface area contributed by atoms with Crippen molar-refractivity contribution in [3.63, 3.8) is 0 Å². The molecule has 1 heterocycles. The second kappa shape index (κ2) is 4.89. The summed E-state index contributed by atoms with van der Waals surface area (Å²) in [5, 5.41) is 0. The van der Waals surface area contributed by atoms with Gasteiger partial charge in [-0.3, -0.25) is 0 Å². The molecule has 0 aliphatic carbocycles. The molecule has 1 aromatic rings. The van der Waals surface area contributed by atoms with Crippen molar-refractivity contribution in [2.45, 2.75) is 26.1 Å². The maximum absolute atomic E-state index is 13.5. The maximum atomic E-state index is 13.5. The Bertz CT molecular complexity index is 374. The van der Waals surface area contributed by atoms with Crippen molar-refractivity contribution in [2.24, 2.45) is 0 Å². The van der Waals surface area contributed by atoms with Gasteiger partial charge in [0.2, 0.25) is 0 Å². The molecule has 4 heteroatoms. The van der Waals surface area contributed by atoms with E-state index in [1.54, 1.807) is 19.1 Å². The molecule has 1 aromatic carbocycles. The average molecular weight is 228 g/mol. The van der Waals surface area contributed by atoms with Gasteiger partial charge in [-0.2, -0.15) is 0 Å². The number of hydrogen-bond donors (Lipinski definition) is 0. The fourth-order valence-electron chi connectivity index (χ4n) is 1.73. The lowest BCUT2D eigenvalue weighted by Crippen LogP contribution is -2.09. The van der Waals surface area contributed by atoms with Gasteiger partial charge >= 0.3 is 0 Å². The summed E-state index contributed by atoms with van der Waals surface area (Å²) in [6, 6.07) is 3.20. The summed E-state index contributed by atoms with van der Waals surface area (Å²) in [5.41, 5.74) is 0.705. The molecule has 0 saturated carbocycles. The standard InChI is InChI=1S/C12H14F2O2/c1-8-2-3-9(12(14)11(8)13)4-5-10-15-6-7-16-10/h2-3,10H,4-7H2,1H3. The summed E-state index contributed by atoms with van der Waals surface area (Å²) < 4.78 is 37.2. The first-order chi connectivity index (χ1) is 7.68. The first kappa shape index (κ1) is 11.5. The highest BCUT2D eigenvalue weighted by Crippen LogP contribution is 2.19. The van der Waals surface area contributed by atoms with Gasteiger partial charge in [0.25, 0.3) is 0 Å². The number of aryl methyl sites for hydroxylation is 2. The number of hydrogen-bond acceptors (Lipinski definition) is 2. The third-order valence-electron chi connectivity index (χ3n) is 2.70. The molecule has 1 saturated heterocycles. The van der Waals surface area contributed by atoms with Gasteiger partial charge in [0, 0.05) is 6.42 Å². The van der Waals surface area contributed by atoms with Crippen LogP contribution in [0.4, 0.5) is 8.78 Å². The van der Waals surface area contributed by atoms with Gasteiger partial charge in [0.1, 0.15) is 0 Å². The largest absolute Gasteiger partial charge is 0.350 e. The van der Waals surface area contributed by atoms with E-state index in [-0.39, 0.29) is 6.29 Å². The van der Waals surface area contributed by atoms with Crippen LogP contribution in [0.3, 0.4) is 0 Å². The number of halogens is 2. The number of rotatable bonds is 3. The normalized spacial score (nSPS) is 16.9.